The van der Waals surface area contributed by atoms with E-state index in [1.54, 1.807) is 24.8 Å². The summed E-state index contributed by atoms with van der Waals surface area (Å²) in [6, 6.07) is 9.43. The largest absolute Gasteiger partial charge is 0.0651 e. The van der Waals surface area contributed by atoms with Crippen molar-refractivity contribution in [3.05, 3.63) is 35.4 Å². The molecule has 1 aromatic rings. The second kappa shape index (κ2) is 9.15. The van der Waals surface area contributed by atoms with Gasteiger partial charge in [-0.15, -0.1) is 0 Å². The van der Waals surface area contributed by atoms with E-state index in [1.807, 2.05) is 0 Å². The van der Waals surface area contributed by atoms with Crippen LogP contribution in [0.15, 0.2) is 24.3 Å². The van der Waals surface area contributed by atoms with Crippen LogP contribution < -0.4 is 0 Å². The number of aryl methyl sites for hydroxylation is 1. The summed E-state index contributed by atoms with van der Waals surface area (Å²) in [6.45, 7) is 4.59. The lowest BCUT2D eigenvalue weighted by Gasteiger charge is -2.43. The van der Waals surface area contributed by atoms with E-state index in [9.17, 15) is 0 Å². The molecule has 3 saturated carbocycles. The third kappa shape index (κ3) is 4.99. The molecule has 0 saturated heterocycles. The van der Waals surface area contributed by atoms with Gasteiger partial charge in [-0.2, -0.15) is 0 Å². The molecule has 27 heavy (non-hydrogen) atoms. The molecular weight excluding hydrogens is 324 g/mol. The Morgan fingerprint density at radius 2 is 1.26 bits per heavy atom. The van der Waals surface area contributed by atoms with Crippen LogP contribution in [0.1, 0.15) is 107 Å². The van der Waals surface area contributed by atoms with Crippen LogP contribution >= 0.6 is 0 Å². The Balaban J connectivity index is 1.22. The molecule has 4 rings (SSSR count). The summed E-state index contributed by atoms with van der Waals surface area (Å²) in [5.74, 6) is 6.12. The van der Waals surface area contributed by atoms with Crippen molar-refractivity contribution in [2.24, 2.45) is 29.6 Å². The van der Waals surface area contributed by atoms with Crippen molar-refractivity contribution in [1.82, 2.24) is 0 Å². The second-order valence-corrected chi connectivity index (χ2v) is 10.5. The van der Waals surface area contributed by atoms with Crippen LogP contribution in [-0.4, -0.2) is 0 Å². The van der Waals surface area contributed by atoms with Crippen molar-refractivity contribution in [3.63, 3.8) is 0 Å². The minimum Gasteiger partial charge on any atom is -0.0651 e. The maximum absolute atomic E-state index is 2.40. The van der Waals surface area contributed by atoms with E-state index in [1.165, 1.54) is 69.8 Å². The fraction of sp³-hybridized carbons (Fsp3) is 0.778. The Kier molecular flexibility index (Phi) is 6.62. The van der Waals surface area contributed by atoms with Crippen molar-refractivity contribution in [3.8, 4) is 0 Å². The molecule has 0 aliphatic heterocycles. The second-order valence-electron chi connectivity index (χ2n) is 10.5. The highest BCUT2D eigenvalue weighted by Crippen LogP contribution is 2.48. The molecule has 1 aromatic carbocycles. The van der Waals surface area contributed by atoms with Crippen LogP contribution in [0, 0.1) is 36.5 Å². The molecule has 0 bridgehead atoms. The van der Waals surface area contributed by atoms with Gasteiger partial charge in [0.25, 0.3) is 0 Å². The van der Waals surface area contributed by atoms with E-state index < -0.39 is 0 Å². The van der Waals surface area contributed by atoms with E-state index in [0.717, 1.165) is 35.5 Å². The molecule has 3 aliphatic rings. The predicted molar refractivity (Wildman–Crippen MR) is 117 cm³/mol. The Labute approximate surface area is 168 Å². The molecule has 3 aliphatic carbocycles. The van der Waals surface area contributed by atoms with Crippen molar-refractivity contribution in [1.29, 1.82) is 0 Å². The first-order valence-electron chi connectivity index (χ1n) is 12.3. The minimum atomic E-state index is 0.845. The van der Waals surface area contributed by atoms with Crippen molar-refractivity contribution in [2.75, 3.05) is 0 Å². The summed E-state index contributed by atoms with van der Waals surface area (Å²) < 4.78 is 0. The van der Waals surface area contributed by atoms with E-state index in [0.29, 0.717) is 0 Å². The Hall–Kier alpha value is -0.780. The van der Waals surface area contributed by atoms with Gasteiger partial charge in [-0.1, -0.05) is 88.1 Å². The molecule has 4 unspecified atom stereocenters. The third-order valence-corrected chi connectivity index (χ3v) is 8.80. The third-order valence-electron chi connectivity index (χ3n) is 8.80. The summed E-state index contributed by atoms with van der Waals surface area (Å²) in [5.41, 5.74) is 3.01. The average molecular weight is 367 g/mol. The standard InChI is InChI=1S/C27H42/c1-3-21-6-8-22(9-7-21)10-11-23-12-15-27-19-26(17-16-25(27)18-23)24-13-4-20(2)5-14-24/h4-5,13-14,21-23,25-27H,3,6-12,15-19H2,1-2H3. The Morgan fingerprint density at radius 1 is 0.667 bits per heavy atom. The molecule has 150 valence electrons. The minimum absolute atomic E-state index is 0.845. The normalized spacial score (nSPS) is 37.0. The molecule has 0 aromatic heterocycles. The molecule has 3 fully saturated rings. The van der Waals surface area contributed by atoms with Crippen molar-refractivity contribution in [2.45, 2.75) is 103 Å². The van der Waals surface area contributed by atoms with Gasteiger partial charge < -0.3 is 0 Å². The maximum atomic E-state index is 2.40. The first-order valence-corrected chi connectivity index (χ1v) is 12.3. The number of hydrogen-bond donors (Lipinski definition) is 0. The molecule has 0 heterocycles. The van der Waals surface area contributed by atoms with E-state index >= 15 is 0 Å². The number of hydrogen-bond acceptors (Lipinski definition) is 0. The maximum Gasteiger partial charge on any atom is -0.0159 e. The lowest BCUT2D eigenvalue weighted by molar-refractivity contribution is 0.109. The van der Waals surface area contributed by atoms with Gasteiger partial charge in [0.2, 0.25) is 0 Å². The topological polar surface area (TPSA) is 0 Å². The Morgan fingerprint density at radius 3 is 2.00 bits per heavy atom. The van der Waals surface area contributed by atoms with Crippen LogP contribution in [0.2, 0.25) is 0 Å². The van der Waals surface area contributed by atoms with E-state index in [2.05, 4.69) is 38.1 Å². The van der Waals surface area contributed by atoms with Crippen LogP contribution in [0.4, 0.5) is 0 Å². The zero-order chi connectivity index (χ0) is 18.6. The van der Waals surface area contributed by atoms with Gasteiger partial charge >= 0.3 is 0 Å². The highest BCUT2D eigenvalue weighted by atomic mass is 14.4. The molecule has 0 amide bonds. The first kappa shape index (κ1) is 19.5. The smallest absolute Gasteiger partial charge is 0.0159 e. The van der Waals surface area contributed by atoms with Gasteiger partial charge in [-0.3, -0.25) is 0 Å². The fourth-order valence-corrected chi connectivity index (χ4v) is 6.79. The lowest BCUT2D eigenvalue weighted by Crippen LogP contribution is -2.30. The summed E-state index contributed by atoms with van der Waals surface area (Å²) in [7, 11) is 0. The van der Waals surface area contributed by atoms with Crippen LogP contribution in [0.5, 0.6) is 0 Å². The summed E-state index contributed by atoms with van der Waals surface area (Å²) in [4.78, 5) is 0. The van der Waals surface area contributed by atoms with Gasteiger partial charge in [-0.25, -0.2) is 0 Å². The number of rotatable bonds is 5. The zero-order valence-corrected chi connectivity index (χ0v) is 18.0. The molecule has 0 N–H and O–H groups in total. The monoisotopic (exact) mass is 366 g/mol. The quantitative estimate of drug-likeness (QED) is 0.491. The van der Waals surface area contributed by atoms with Gasteiger partial charge in [0, 0.05) is 0 Å². The first-order chi connectivity index (χ1) is 13.2. The van der Waals surface area contributed by atoms with Crippen LogP contribution in [0.25, 0.3) is 0 Å². The Bertz CT molecular complexity index is 562. The predicted octanol–water partition coefficient (Wildman–Crippen LogP) is 8.29. The molecular formula is C27H42. The number of benzene rings is 1. The van der Waals surface area contributed by atoms with Gasteiger partial charge in [0.05, 0.1) is 0 Å². The van der Waals surface area contributed by atoms with Crippen LogP contribution in [-0.2, 0) is 0 Å². The van der Waals surface area contributed by atoms with Crippen LogP contribution in [0.3, 0.4) is 0 Å². The number of fused-ring (bicyclic) bond motifs is 1. The lowest BCUT2D eigenvalue weighted by atomic mass is 9.63. The summed E-state index contributed by atoms with van der Waals surface area (Å²) in [6.07, 6.45) is 19.7. The summed E-state index contributed by atoms with van der Waals surface area (Å²) in [5, 5.41) is 0. The average Bonchev–Trinajstić information content (AvgIpc) is 2.72. The highest BCUT2D eigenvalue weighted by Gasteiger charge is 2.36. The molecule has 0 nitrogen and oxygen atoms in total. The molecule has 4 atom stereocenters. The van der Waals surface area contributed by atoms with E-state index in [4.69, 9.17) is 0 Å². The van der Waals surface area contributed by atoms with Gasteiger partial charge in [0.15, 0.2) is 0 Å². The SMILES string of the molecule is CCC1CCC(CCC2CCC3CC(c4ccc(C)cc4)CCC3C2)CC1. The van der Waals surface area contributed by atoms with Gasteiger partial charge in [-0.05, 0) is 80.1 Å². The van der Waals surface area contributed by atoms with E-state index in [-0.39, 0.29) is 0 Å². The fourth-order valence-electron chi connectivity index (χ4n) is 6.79. The molecule has 0 spiro atoms. The van der Waals surface area contributed by atoms with Crippen molar-refractivity contribution < 1.29 is 0 Å². The highest BCUT2D eigenvalue weighted by molar-refractivity contribution is 5.25. The summed E-state index contributed by atoms with van der Waals surface area (Å²) >= 11 is 0. The molecule has 0 heteroatoms. The molecule has 0 radical (unpaired) electrons. The van der Waals surface area contributed by atoms with Crippen molar-refractivity contribution >= 4 is 0 Å². The van der Waals surface area contributed by atoms with Gasteiger partial charge in [0.1, 0.15) is 0 Å². The zero-order valence-electron chi connectivity index (χ0n) is 18.0.